The maximum Gasteiger partial charge on any atom is 0.329 e. The minimum absolute atomic E-state index is 0.103. The summed E-state index contributed by atoms with van der Waals surface area (Å²) in [5.41, 5.74) is 0.941. The normalized spacial score (nSPS) is 18.0. The van der Waals surface area contributed by atoms with Crippen LogP contribution in [-0.2, 0) is 4.79 Å². The van der Waals surface area contributed by atoms with Crippen LogP contribution in [0.1, 0.15) is 11.6 Å². The van der Waals surface area contributed by atoms with E-state index in [9.17, 15) is 14.0 Å². The Morgan fingerprint density at radius 1 is 1.10 bits per heavy atom. The quantitative estimate of drug-likeness (QED) is 0.866. The highest BCUT2D eigenvalue weighted by Crippen LogP contribution is 2.34. The van der Waals surface area contributed by atoms with Gasteiger partial charge in [0.2, 0.25) is 0 Å². The zero-order valence-electron chi connectivity index (χ0n) is 10.7. The molecule has 3 amide bonds. The van der Waals surface area contributed by atoms with E-state index in [2.05, 4.69) is 5.32 Å². The maximum atomic E-state index is 13.2. The van der Waals surface area contributed by atoms with Crippen LogP contribution >= 0.6 is 11.6 Å². The first kappa shape index (κ1) is 13.6. The summed E-state index contributed by atoms with van der Waals surface area (Å²) in [4.78, 5) is 25.4. The van der Waals surface area contributed by atoms with Crippen molar-refractivity contribution >= 4 is 29.2 Å². The summed E-state index contributed by atoms with van der Waals surface area (Å²) < 4.78 is 13.2. The molecule has 0 aromatic heterocycles. The molecule has 1 atom stereocenters. The number of halogens is 2. The molecule has 1 N–H and O–H groups in total. The second kappa shape index (κ2) is 5.18. The predicted octanol–water partition coefficient (Wildman–Crippen LogP) is 3.28. The van der Waals surface area contributed by atoms with Gasteiger partial charge in [-0.15, -0.1) is 0 Å². The molecule has 0 spiro atoms. The Hall–Kier alpha value is -2.40. The van der Waals surface area contributed by atoms with Crippen molar-refractivity contribution in [2.24, 2.45) is 0 Å². The Bertz CT molecular complexity index is 721. The first-order valence-electron chi connectivity index (χ1n) is 6.22. The molecular formula is C15H10ClFN2O2. The predicted molar refractivity (Wildman–Crippen MR) is 76.6 cm³/mol. The van der Waals surface area contributed by atoms with E-state index in [1.165, 1.54) is 17.0 Å². The van der Waals surface area contributed by atoms with Crippen LogP contribution in [0.4, 0.5) is 14.9 Å². The van der Waals surface area contributed by atoms with Crippen LogP contribution < -0.4 is 10.2 Å². The average Bonchev–Trinajstić information content (AvgIpc) is 2.74. The van der Waals surface area contributed by atoms with Crippen molar-refractivity contribution in [3.05, 3.63) is 64.9 Å². The van der Waals surface area contributed by atoms with Crippen molar-refractivity contribution in [3.63, 3.8) is 0 Å². The van der Waals surface area contributed by atoms with Gasteiger partial charge in [-0.05, 0) is 24.3 Å². The molecule has 0 saturated carbocycles. The van der Waals surface area contributed by atoms with Gasteiger partial charge in [0.05, 0.1) is 0 Å². The number of nitrogens with zero attached hydrogens (tertiary/aromatic N) is 1. The van der Waals surface area contributed by atoms with E-state index in [-0.39, 0.29) is 5.02 Å². The summed E-state index contributed by atoms with van der Waals surface area (Å²) in [6.45, 7) is 0. The van der Waals surface area contributed by atoms with Crippen molar-refractivity contribution in [2.75, 3.05) is 4.90 Å². The molecular weight excluding hydrogens is 295 g/mol. The van der Waals surface area contributed by atoms with Gasteiger partial charge in [-0.25, -0.2) is 9.18 Å². The SMILES string of the molecule is O=C1NC(=O)N(c2ccccc2)C1c1ccc(F)cc1Cl. The molecule has 21 heavy (non-hydrogen) atoms. The van der Waals surface area contributed by atoms with Crippen molar-refractivity contribution in [3.8, 4) is 0 Å². The number of para-hydroxylation sites is 1. The van der Waals surface area contributed by atoms with Gasteiger partial charge < -0.3 is 0 Å². The highest BCUT2D eigenvalue weighted by atomic mass is 35.5. The minimum Gasteiger partial charge on any atom is -0.277 e. The number of imide groups is 1. The van der Waals surface area contributed by atoms with Gasteiger partial charge in [-0.3, -0.25) is 15.0 Å². The molecule has 3 rings (SSSR count). The van der Waals surface area contributed by atoms with Gasteiger partial charge in [0.1, 0.15) is 11.9 Å². The topological polar surface area (TPSA) is 49.4 Å². The molecule has 1 heterocycles. The number of benzene rings is 2. The highest BCUT2D eigenvalue weighted by Gasteiger charge is 2.41. The lowest BCUT2D eigenvalue weighted by atomic mass is 10.1. The highest BCUT2D eigenvalue weighted by molar-refractivity contribution is 6.32. The van der Waals surface area contributed by atoms with E-state index < -0.39 is 23.8 Å². The fourth-order valence-corrected chi connectivity index (χ4v) is 2.60. The number of rotatable bonds is 2. The van der Waals surface area contributed by atoms with Crippen molar-refractivity contribution in [1.82, 2.24) is 5.32 Å². The Morgan fingerprint density at radius 3 is 2.48 bits per heavy atom. The number of nitrogens with one attached hydrogen (secondary N) is 1. The maximum absolute atomic E-state index is 13.2. The summed E-state index contributed by atoms with van der Waals surface area (Å²) in [7, 11) is 0. The number of hydrogen-bond acceptors (Lipinski definition) is 2. The summed E-state index contributed by atoms with van der Waals surface area (Å²) in [6, 6.07) is 11.0. The molecule has 1 unspecified atom stereocenters. The molecule has 4 nitrogen and oxygen atoms in total. The largest absolute Gasteiger partial charge is 0.329 e. The van der Waals surface area contributed by atoms with Crippen molar-refractivity contribution in [2.45, 2.75) is 6.04 Å². The van der Waals surface area contributed by atoms with E-state index in [1.54, 1.807) is 30.3 Å². The number of amides is 3. The average molecular weight is 305 g/mol. The first-order chi connectivity index (χ1) is 10.1. The third kappa shape index (κ3) is 2.36. The van der Waals surface area contributed by atoms with Gasteiger partial charge >= 0.3 is 6.03 Å². The number of carbonyl (C=O) groups excluding carboxylic acids is 2. The van der Waals surface area contributed by atoms with Crippen LogP contribution in [0.2, 0.25) is 5.02 Å². The molecule has 1 fully saturated rings. The number of urea groups is 1. The van der Waals surface area contributed by atoms with Crippen LogP contribution in [0.3, 0.4) is 0 Å². The van der Waals surface area contributed by atoms with Gasteiger partial charge in [-0.1, -0.05) is 35.9 Å². The summed E-state index contributed by atoms with van der Waals surface area (Å²) >= 11 is 6.02. The molecule has 0 radical (unpaired) electrons. The zero-order valence-corrected chi connectivity index (χ0v) is 11.5. The number of anilines is 1. The molecule has 2 aromatic carbocycles. The lowest BCUT2D eigenvalue weighted by Gasteiger charge is -2.22. The van der Waals surface area contributed by atoms with Crippen LogP contribution in [-0.4, -0.2) is 11.9 Å². The fraction of sp³-hybridized carbons (Fsp3) is 0.0667. The molecule has 1 saturated heterocycles. The Kier molecular flexibility index (Phi) is 3.35. The zero-order chi connectivity index (χ0) is 15.0. The summed E-state index contributed by atoms with van der Waals surface area (Å²) in [5.74, 6) is -0.989. The lowest BCUT2D eigenvalue weighted by molar-refractivity contribution is -0.119. The standard InChI is InChI=1S/C15H10ClFN2O2/c16-12-8-9(17)6-7-11(12)13-14(20)18-15(21)19(13)10-4-2-1-3-5-10/h1-8,13H,(H,18,20,21). The van der Waals surface area contributed by atoms with E-state index in [1.807, 2.05) is 0 Å². The van der Waals surface area contributed by atoms with Crippen LogP contribution in [0.5, 0.6) is 0 Å². The molecule has 106 valence electrons. The fourth-order valence-electron chi connectivity index (χ4n) is 2.33. The number of hydrogen-bond donors (Lipinski definition) is 1. The van der Waals surface area contributed by atoms with Gasteiger partial charge in [-0.2, -0.15) is 0 Å². The molecule has 0 aliphatic carbocycles. The summed E-state index contributed by atoms with van der Waals surface area (Å²) in [6.07, 6.45) is 0. The third-order valence-electron chi connectivity index (χ3n) is 3.25. The monoisotopic (exact) mass is 304 g/mol. The van der Waals surface area contributed by atoms with Crippen LogP contribution in [0.25, 0.3) is 0 Å². The van der Waals surface area contributed by atoms with E-state index in [4.69, 9.17) is 11.6 Å². The number of carbonyl (C=O) groups is 2. The lowest BCUT2D eigenvalue weighted by Crippen LogP contribution is -2.29. The van der Waals surface area contributed by atoms with E-state index in [0.717, 1.165) is 6.07 Å². The third-order valence-corrected chi connectivity index (χ3v) is 3.57. The Labute approximate surface area is 125 Å². The Morgan fingerprint density at radius 2 is 1.81 bits per heavy atom. The molecule has 6 heteroatoms. The van der Waals surface area contributed by atoms with Crippen LogP contribution in [0, 0.1) is 5.82 Å². The van der Waals surface area contributed by atoms with Gasteiger partial charge in [0.25, 0.3) is 5.91 Å². The first-order valence-corrected chi connectivity index (χ1v) is 6.60. The second-order valence-electron chi connectivity index (χ2n) is 4.57. The second-order valence-corrected chi connectivity index (χ2v) is 4.98. The molecule has 1 aliphatic heterocycles. The molecule has 1 aliphatic rings. The van der Waals surface area contributed by atoms with Gasteiger partial charge in [0, 0.05) is 16.3 Å². The van der Waals surface area contributed by atoms with Crippen LogP contribution in [0.15, 0.2) is 48.5 Å². The van der Waals surface area contributed by atoms with Crippen molar-refractivity contribution in [1.29, 1.82) is 0 Å². The Balaban J connectivity index is 2.10. The van der Waals surface area contributed by atoms with Gasteiger partial charge in [0.15, 0.2) is 0 Å². The smallest absolute Gasteiger partial charge is 0.277 e. The molecule has 0 bridgehead atoms. The molecule has 2 aromatic rings. The van der Waals surface area contributed by atoms with E-state index in [0.29, 0.717) is 11.3 Å². The minimum atomic E-state index is -0.909. The van der Waals surface area contributed by atoms with E-state index >= 15 is 0 Å². The van der Waals surface area contributed by atoms with Crippen molar-refractivity contribution < 1.29 is 14.0 Å². The summed E-state index contributed by atoms with van der Waals surface area (Å²) in [5, 5.41) is 2.35.